The topological polar surface area (TPSA) is 65.4 Å². The molecule has 0 aliphatic heterocycles. The number of imidazole rings is 1. The van der Waals surface area contributed by atoms with Gasteiger partial charge in [0.1, 0.15) is 12.4 Å². The van der Waals surface area contributed by atoms with E-state index in [0.29, 0.717) is 19.7 Å². The third-order valence-corrected chi connectivity index (χ3v) is 5.11. The summed E-state index contributed by atoms with van der Waals surface area (Å²) in [4.78, 5) is 16.4. The summed E-state index contributed by atoms with van der Waals surface area (Å²) in [5.41, 5.74) is 3.18. The Morgan fingerprint density at radius 1 is 1.22 bits per heavy atom. The van der Waals surface area contributed by atoms with Crippen molar-refractivity contribution in [1.29, 1.82) is 0 Å². The molecule has 6 heteroatoms. The number of para-hydroxylation sites is 2. The standard InChI is InChI=1S/C26H31N3O3/c1-4-9-20-14-15-23(24(19-20)31-3)32-18-17-29-22-12-7-6-11-21(22)28-25(29)13-8-16-27-26(30)10-5-2/h4-7,10-12,14-15,19H,1,8-9,13,16-18H2,2-3H3,(H,27,30)/b10-5-. The Kier molecular flexibility index (Phi) is 8.49. The lowest BCUT2D eigenvalue weighted by Gasteiger charge is -2.14. The minimum absolute atomic E-state index is 0.0672. The summed E-state index contributed by atoms with van der Waals surface area (Å²) in [5.74, 6) is 2.36. The zero-order chi connectivity index (χ0) is 22.8. The van der Waals surface area contributed by atoms with Crippen molar-refractivity contribution in [2.45, 2.75) is 32.7 Å². The first-order chi connectivity index (χ1) is 15.7. The molecule has 6 nitrogen and oxygen atoms in total. The van der Waals surface area contributed by atoms with Crippen molar-refractivity contribution in [3.8, 4) is 11.5 Å². The molecule has 3 aromatic rings. The Labute approximate surface area is 189 Å². The van der Waals surface area contributed by atoms with Gasteiger partial charge in [-0.25, -0.2) is 4.98 Å². The normalized spacial score (nSPS) is 11.1. The fourth-order valence-corrected chi connectivity index (χ4v) is 3.61. The Bertz CT molecular complexity index is 1090. The summed E-state index contributed by atoms with van der Waals surface area (Å²) < 4.78 is 13.8. The molecule has 0 bridgehead atoms. The van der Waals surface area contributed by atoms with Gasteiger partial charge in [-0.15, -0.1) is 6.58 Å². The van der Waals surface area contributed by atoms with Crippen LogP contribution in [-0.4, -0.2) is 35.7 Å². The molecule has 0 unspecified atom stereocenters. The number of allylic oxidation sites excluding steroid dienone is 2. The van der Waals surface area contributed by atoms with Crippen molar-refractivity contribution in [2.24, 2.45) is 0 Å². The van der Waals surface area contributed by atoms with Crippen LogP contribution in [-0.2, 0) is 24.2 Å². The molecular formula is C26H31N3O3. The van der Waals surface area contributed by atoms with Gasteiger partial charge in [-0.2, -0.15) is 0 Å². The number of carbonyl (C=O) groups excluding carboxylic acids is 1. The zero-order valence-electron chi connectivity index (χ0n) is 18.8. The van der Waals surface area contributed by atoms with Gasteiger partial charge in [-0.3, -0.25) is 4.79 Å². The largest absolute Gasteiger partial charge is 0.493 e. The maximum absolute atomic E-state index is 11.6. The van der Waals surface area contributed by atoms with Crippen LogP contribution in [0.5, 0.6) is 11.5 Å². The Morgan fingerprint density at radius 2 is 2.06 bits per heavy atom. The molecule has 1 N–H and O–H groups in total. The lowest BCUT2D eigenvalue weighted by Crippen LogP contribution is -2.23. The van der Waals surface area contributed by atoms with Gasteiger partial charge >= 0.3 is 0 Å². The van der Waals surface area contributed by atoms with E-state index < -0.39 is 0 Å². The molecule has 1 amide bonds. The summed E-state index contributed by atoms with van der Waals surface area (Å²) in [6.45, 7) is 7.37. The third kappa shape index (κ3) is 6.00. The molecule has 0 atom stereocenters. The predicted octanol–water partition coefficient (Wildman–Crippen LogP) is 4.48. The summed E-state index contributed by atoms with van der Waals surface area (Å²) in [6.07, 6.45) is 7.50. The van der Waals surface area contributed by atoms with Gasteiger partial charge in [0.2, 0.25) is 5.91 Å². The third-order valence-electron chi connectivity index (χ3n) is 5.11. The van der Waals surface area contributed by atoms with E-state index >= 15 is 0 Å². The van der Waals surface area contributed by atoms with E-state index in [-0.39, 0.29) is 5.91 Å². The average molecular weight is 434 g/mol. The Balaban J connectivity index is 1.66. The molecule has 0 aliphatic carbocycles. The zero-order valence-corrected chi connectivity index (χ0v) is 18.8. The van der Waals surface area contributed by atoms with Crippen molar-refractivity contribution in [3.63, 3.8) is 0 Å². The van der Waals surface area contributed by atoms with Crippen LogP contribution < -0.4 is 14.8 Å². The number of nitrogens with one attached hydrogen (secondary N) is 1. The minimum atomic E-state index is -0.0672. The number of rotatable bonds is 12. The Morgan fingerprint density at radius 3 is 2.84 bits per heavy atom. The lowest BCUT2D eigenvalue weighted by atomic mass is 10.1. The molecule has 0 fully saturated rings. The monoisotopic (exact) mass is 433 g/mol. The number of hydrogen-bond donors (Lipinski definition) is 1. The van der Waals surface area contributed by atoms with Gasteiger partial charge in [0.15, 0.2) is 11.5 Å². The number of fused-ring (bicyclic) bond motifs is 1. The summed E-state index contributed by atoms with van der Waals surface area (Å²) >= 11 is 0. The molecule has 32 heavy (non-hydrogen) atoms. The van der Waals surface area contributed by atoms with Crippen LogP contribution in [0.4, 0.5) is 0 Å². The lowest BCUT2D eigenvalue weighted by molar-refractivity contribution is -0.116. The number of benzene rings is 2. The highest BCUT2D eigenvalue weighted by atomic mass is 16.5. The van der Waals surface area contributed by atoms with Crippen LogP contribution in [0.2, 0.25) is 0 Å². The first-order valence-corrected chi connectivity index (χ1v) is 10.9. The molecule has 3 rings (SSSR count). The SMILES string of the molecule is C=CCc1ccc(OCCn2c(CCCNC(=O)/C=C\C)nc3ccccc32)c(OC)c1. The first kappa shape index (κ1) is 23.1. The van der Waals surface area contributed by atoms with Crippen LogP contribution in [0.25, 0.3) is 11.0 Å². The number of methoxy groups -OCH3 is 1. The van der Waals surface area contributed by atoms with Crippen LogP contribution in [0, 0.1) is 0 Å². The minimum Gasteiger partial charge on any atom is -0.493 e. The fourth-order valence-electron chi connectivity index (χ4n) is 3.61. The highest BCUT2D eigenvalue weighted by molar-refractivity contribution is 5.87. The fraction of sp³-hybridized carbons (Fsp3) is 0.308. The van der Waals surface area contributed by atoms with Crippen molar-refractivity contribution >= 4 is 16.9 Å². The van der Waals surface area contributed by atoms with E-state index in [1.54, 1.807) is 13.2 Å². The molecule has 1 aromatic heterocycles. The van der Waals surface area contributed by atoms with Gasteiger partial charge in [-0.1, -0.05) is 30.4 Å². The van der Waals surface area contributed by atoms with Gasteiger partial charge in [0.05, 0.1) is 24.7 Å². The second-order valence-electron chi connectivity index (χ2n) is 7.39. The quantitative estimate of drug-likeness (QED) is 0.260. The highest BCUT2D eigenvalue weighted by Crippen LogP contribution is 2.28. The molecule has 0 radical (unpaired) electrons. The van der Waals surface area contributed by atoms with Crippen LogP contribution in [0.3, 0.4) is 0 Å². The van der Waals surface area contributed by atoms with Gasteiger partial charge in [0, 0.05) is 13.0 Å². The van der Waals surface area contributed by atoms with E-state index in [0.717, 1.165) is 53.2 Å². The molecule has 1 heterocycles. The number of carbonyl (C=O) groups is 1. The second-order valence-corrected chi connectivity index (χ2v) is 7.39. The van der Waals surface area contributed by atoms with E-state index in [4.69, 9.17) is 14.5 Å². The molecule has 0 saturated carbocycles. The number of hydrogen-bond acceptors (Lipinski definition) is 4. The first-order valence-electron chi connectivity index (χ1n) is 10.9. The molecule has 0 aliphatic rings. The van der Waals surface area contributed by atoms with Crippen molar-refractivity contribution in [3.05, 3.63) is 78.7 Å². The number of nitrogens with zero attached hydrogens (tertiary/aromatic N) is 2. The van der Waals surface area contributed by atoms with Crippen molar-refractivity contribution in [1.82, 2.24) is 14.9 Å². The van der Waals surface area contributed by atoms with E-state index in [2.05, 4.69) is 22.5 Å². The smallest absolute Gasteiger partial charge is 0.243 e. The molecular weight excluding hydrogens is 402 g/mol. The maximum atomic E-state index is 11.6. The summed E-state index contributed by atoms with van der Waals surface area (Å²) in [7, 11) is 1.65. The molecule has 168 valence electrons. The average Bonchev–Trinajstić information content (AvgIpc) is 3.15. The maximum Gasteiger partial charge on any atom is 0.243 e. The second kappa shape index (κ2) is 11.7. The van der Waals surface area contributed by atoms with E-state index in [1.165, 1.54) is 6.08 Å². The summed E-state index contributed by atoms with van der Waals surface area (Å²) in [6, 6.07) is 14.1. The molecule has 0 spiro atoms. The van der Waals surface area contributed by atoms with Crippen molar-refractivity contribution < 1.29 is 14.3 Å². The number of aryl methyl sites for hydroxylation is 1. The number of ether oxygens (including phenoxy) is 2. The molecule has 0 saturated heterocycles. The predicted molar refractivity (Wildman–Crippen MR) is 128 cm³/mol. The highest BCUT2D eigenvalue weighted by Gasteiger charge is 2.11. The Hall–Kier alpha value is -3.54. The number of amides is 1. The van der Waals surface area contributed by atoms with Crippen molar-refractivity contribution in [2.75, 3.05) is 20.3 Å². The van der Waals surface area contributed by atoms with Crippen LogP contribution >= 0.6 is 0 Å². The van der Waals surface area contributed by atoms with E-state index in [9.17, 15) is 4.79 Å². The van der Waals surface area contributed by atoms with Crippen LogP contribution in [0.1, 0.15) is 24.7 Å². The van der Waals surface area contributed by atoms with Gasteiger partial charge in [0.25, 0.3) is 0 Å². The van der Waals surface area contributed by atoms with E-state index in [1.807, 2.05) is 49.4 Å². The van der Waals surface area contributed by atoms with Gasteiger partial charge in [-0.05, 0) is 55.7 Å². The van der Waals surface area contributed by atoms with Gasteiger partial charge < -0.3 is 19.4 Å². The summed E-state index contributed by atoms with van der Waals surface area (Å²) in [5, 5.41) is 2.89. The molecule has 2 aromatic carbocycles. The van der Waals surface area contributed by atoms with Crippen LogP contribution in [0.15, 0.2) is 67.3 Å². The number of aromatic nitrogens is 2.